The lowest BCUT2D eigenvalue weighted by Gasteiger charge is -2.28. The summed E-state index contributed by atoms with van der Waals surface area (Å²) < 4.78 is 27.1. The van der Waals surface area contributed by atoms with Crippen molar-refractivity contribution in [3.8, 4) is 0 Å². The fourth-order valence-corrected chi connectivity index (χ4v) is 2.94. The zero-order valence-electron chi connectivity index (χ0n) is 16.5. The van der Waals surface area contributed by atoms with Gasteiger partial charge in [0.15, 0.2) is 0 Å². The lowest BCUT2D eigenvalue weighted by atomic mass is 9.89. The van der Waals surface area contributed by atoms with E-state index in [4.69, 9.17) is 18.9 Å². The van der Waals surface area contributed by atoms with Gasteiger partial charge >= 0.3 is 5.97 Å². The molecule has 0 N–H and O–H groups in total. The summed E-state index contributed by atoms with van der Waals surface area (Å²) in [6.45, 7) is 7.87. The van der Waals surface area contributed by atoms with Crippen molar-refractivity contribution in [3.63, 3.8) is 0 Å². The lowest BCUT2D eigenvalue weighted by Crippen LogP contribution is -2.39. The zero-order chi connectivity index (χ0) is 19.6. The summed E-state index contributed by atoms with van der Waals surface area (Å²) in [6, 6.07) is 0. The van der Waals surface area contributed by atoms with E-state index in [1.807, 2.05) is 26.0 Å². The van der Waals surface area contributed by atoms with Crippen molar-refractivity contribution in [1.82, 2.24) is 0 Å². The number of unbranched alkanes of at least 4 members (excludes halogenated alkanes) is 1. The van der Waals surface area contributed by atoms with Gasteiger partial charge in [0, 0.05) is 26.2 Å². The van der Waals surface area contributed by atoms with Crippen LogP contribution in [0.15, 0.2) is 37.0 Å². The van der Waals surface area contributed by atoms with Crippen molar-refractivity contribution in [2.24, 2.45) is 5.92 Å². The zero-order valence-corrected chi connectivity index (χ0v) is 16.5. The molecule has 148 valence electrons. The van der Waals surface area contributed by atoms with Gasteiger partial charge in [0.2, 0.25) is 0 Å². The van der Waals surface area contributed by atoms with Crippen LogP contribution in [0.1, 0.15) is 26.7 Å². The van der Waals surface area contributed by atoms with Crippen LogP contribution in [0.3, 0.4) is 0 Å². The Balaban J connectivity index is 2.81. The van der Waals surface area contributed by atoms with Gasteiger partial charge in [0.05, 0.1) is 19.3 Å². The molecule has 0 aromatic rings. The molecule has 1 heterocycles. The average Bonchev–Trinajstić information content (AvgIpc) is 3.33. The smallest absolute Gasteiger partial charge is 0.330 e. The first-order valence-corrected chi connectivity index (χ1v) is 8.79. The van der Waals surface area contributed by atoms with Gasteiger partial charge in [-0.2, -0.15) is 0 Å². The van der Waals surface area contributed by atoms with Gasteiger partial charge in [-0.15, -0.1) is 6.58 Å². The van der Waals surface area contributed by atoms with E-state index >= 15 is 0 Å². The summed E-state index contributed by atoms with van der Waals surface area (Å²) in [7, 11) is 4.59. The third-order valence-electron chi connectivity index (χ3n) is 4.47. The van der Waals surface area contributed by atoms with Crippen LogP contribution in [-0.4, -0.2) is 58.0 Å². The highest BCUT2D eigenvalue weighted by Crippen LogP contribution is 2.44. The van der Waals surface area contributed by atoms with Gasteiger partial charge < -0.3 is 23.7 Å². The first-order valence-electron chi connectivity index (χ1n) is 8.79. The number of rotatable bonds is 13. The third kappa shape index (κ3) is 6.68. The Morgan fingerprint density at radius 1 is 1.31 bits per heavy atom. The van der Waals surface area contributed by atoms with Crippen molar-refractivity contribution in [1.29, 1.82) is 0 Å². The molecule has 5 atom stereocenters. The Morgan fingerprint density at radius 3 is 2.62 bits per heavy atom. The van der Waals surface area contributed by atoms with Crippen LogP contribution < -0.4 is 0 Å². The summed E-state index contributed by atoms with van der Waals surface area (Å²) >= 11 is 0. The molecule has 6 nitrogen and oxygen atoms in total. The van der Waals surface area contributed by atoms with E-state index in [-0.39, 0.29) is 31.0 Å². The van der Waals surface area contributed by atoms with E-state index in [0.29, 0.717) is 0 Å². The molecular formula is C20H32O6. The van der Waals surface area contributed by atoms with E-state index in [0.717, 1.165) is 12.8 Å². The minimum Gasteiger partial charge on any atom is -0.466 e. The van der Waals surface area contributed by atoms with Crippen LogP contribution in [0.5, 0.6) is 0 Å². The topological polar surface area (TPSA) is 66.5 Å². The molecule has 1 aliphatic rings. The van der Waals surface area contributed by atoms with Crippen molar-refractivity contribution in [2.75, 3.05) is 28.1 Å². The molecular weight excluding hydrogens is 336 g/mol. The van der Waals surface area contributed by atoms with Crippen LogP contribution in [0.2, 0.25) is 0 Å². The van der Waals surface area contributed by atoms with Crippen molar-refractivity contribution >= 4 is 5.97 Å². The number of esters is 1. The summed E-state index contributed by atoms with van der Waals surface area (Å²) in [5.41, 5.74) is -0.521. The Kier molecular flexibility index (Phi) is 9.80. The number of methoxy groups -OCH3 is 3. The third-order valence-corrected chi connectivity index (χ3v) is 4.47. The highest BCUT2D eigenvalue weighted by Gasteiger charge is 2.55. The lowest BCUT2D eigenvalue weighted by molar-refractivity contribution is -0.134. The van der Waals surface area contributed by atoms with E-state index in [1.165, 1.54) is 13.2 Å². The second-order valence-corrected chi connectivity index (χ2v) is 6.47. The maximum Gasteiger partial charge on any atom is 0.330 e. The van der Waals surface area contributed by atoms with Gasteiger partial charge in [-0.05, 0) is 25.8 Å². The van der Waals surface area contributed by atoms with Crippen molar-refractivity contribution in [3.05, 3.63) is 37.0 Å². The minimum atomic E-state index is -0.521. The van der Waals surface area contributed by atoms with Crippen LogP contribution in [0.4, 0.5) is 0 Å². The molecule has 0 aliphatic carbocycles. The molecule has 0 aromatic carbocycles. The standard InChI is InChI=1S/C20H32O6/c1-7-8-9-10-11-16(23-5)18(25-14-22-4)15(2)19-20(3,26-19)13-12-17(21)24-6/h7,10-13,15-16,18-19H,1,8-9,14H2,2-6H3/b11-10+,13-12+/t15-,16-,18-,19+,20-/m0/s1. The van der Waals surface area contributed by atoms with Gasteiger partial charge in [0.25, 0.3) is 0 Å². The Hall–Kier alpha value is -1.47. The summed E-state index contributed by atoms with van der Waals surface area (Å²) in [6.07, 6.45) is 10.3. The monoisotopic (exact) mass is 368 g/mol. The van der Waals surface area contributed by atoms with Gasteiger partial charge in [-0.1, -0.05) is 25.2 Å². The molecule has 1 saturated heterocycles. The van der Waals surface area contributed by atoms with Crippen LogP contribution in [-0.2, 0) is 28.5 Å². The summed E-state index contributed by atoms with van der Waals surface area (Å²) in [5.74, 6) is -0.383. The number of epoxide rings is 1. The van der Waals surface area contributed by atoms with Crippen LogP contribution >= 0.6 is 0 Å². The molecule has 0 amide bonds. The highest BCUT2D eigenvalue weighted by molar-refractivity contribution is 5.82. The summed E-state index contributed by atoms with van der Waals surface area (Å²) in [5, 5.41) is 0. The molecule has 1 fully saturated rings. The second kappa shape index (κ2) is 11.3. The van der Waals surface area contributed by atoms with E-state index < -0.39 is 11.6 Å². The molecule has 0 unspecified atom stereocenters. The number of hydrogen-bond donors (Lipinski definition) is 0. The van der Waals surface area contributed by atoms with Gasteiger partial charge in [-0.25, -0.2) is 4.79 Å². The Labute approximate surface area is 156 Å². The fraction of sp³-hybridized carbons (Fsp3) is 0.650. The van der Waals surface area contributed by atoms with Crippen molar-refractivity contribution < 1.29 is 28.5 Å². The first kappa shape index (κ1) is 22.6. The van der Waals surface area contributed by atoms with Gasteiger partial charge in [-0.3, -0.25) is 0 Å². The number of allylic oxidation sites excluding steroid dienone is 2. The molecule has 0 spiro atoms. The Morgan fingerprint density at radius 2 is 2.04 bits per heavy atom. The number of hydrogen-bond acceptors (Lipinski definition) is 6. The second-order valence-electron chi connectivity index (χ2n) is 6.47. The van der Waals surface area contributed by atoms with E-state index in [2.05, 4.69) is 17.4 Å². The van der Waals surface area contributed by atoms with Crippen LogP contribution in [0.25, 0.3) is 0 Å². The maximum atomic E-state index is 11.3. The number of ether oxygens (including phenoxy) is 5. The SMILES string of the molecule is C=CCC/C=C/[C@H](OC)[C@@H](OCOC)[C@H](C)[C@H]1O[C@@]1(C)/C=C/C(=O)OC. The molecule has 0 bridgehead atoms. The largest absolute Gasteiger partial charge is 0.466 e. The molecule has 1 rings (SSSR count). The quantitative estimate of drug-likeness (QED) is 0.124. The van der Waals surface area contributed by atoms with E-state index in [9.17, 15) is 4.79 Å². The fourth-order valence-electron chi connectivity index (χ4n) is 2.94. The molecule has 0 aromatic heterocycles. The van der Waals surface area contributed by atoms with E-state index in [1.54, 1.807) is 20.3 Å². The van der Waals surface area contributed by atoms with Crippen molar-refractivity contribution in [2.45, 2.75) is 50.6 Å². The molecule has 26 heavy (non-hydrogen) atoms. The average molecular weight is 368 g/mol. The maximum absolute atomic E-state index is 11.3. The van der Waals surface area contributed by atoms with Gasteiger partial charge in [0.1, 0.15) is 18.5 Å². The summed E-state index contributed by atoms with van der Waals surface area (Å²) in [4.78, 5) is 11.3. The molecule has 6 heteroatoms. The minimum absolute atomic E-state index is 0.0199. The molecule has 1 aliphatic heterocycles. The molecule has 0 saturated carbocycles. The highest BCUT2D eigenvalue weighted by atomic mass is 16.7. The normalized spacial score (nSPS) is 26.0. The molecule has 0 radical (unpaired) electrons. The predicted molar refractivity (Wildman–Crippen MR) is 99.7 cm³/mol. The first-order chi connectivity index (χ1) is 12.4. The van der Waals surface area contributed by atoms with Crippen LogP contribution in [0, 0.1) is 5.92 Å². The number of carbonyl (C=O) groups is 1. The Bertz CT molecular complexity index is 501. The number of carbonyl (C=O) groups excluding carboxylic acids is 1. The predicted octanol–water partition coefficient (Wildman–Crippen LogP) is 3.04.